The normalized spacial score (nSPS) is 16.4. The van der Waals surface area contributed by atoms with E-state index in [9.17, 15) is 0 Å². The fourth-order valence-corrected chi connectivity index (χ4v) is 7.83. The molecule has 11 radical (unpaired) electrons. The molecule has 55 heavy (non-hydrogen) atoms. The maximum Gasteiger partial charge on any atom is 3.00 e. The van der Waals surface area contributed by atoms with Crippen LogP contribution in [0.2, 0.25) is 0 Å². The van der Waals surface area contributed by atoms with Gasteiger partial charge >= 0.3 is 17.1 Å². The van der Waals surface area contributed by atoms with Crippen LogP contribution in [-0.4, -0.2) is 5.09 Å². The Balaban J connectivity index is 0. The molecule has 0 amide bonds. The molecule has 0 aromatic carbocycles. The predicted molar refractivity (Wildman–Crippen MR) is 238 cm³/mol. The van der Waals surface area contributed by atoms with Gasteiger partial charge in [-0.15, -0.1) is 0 Å². The van der Waals surface area contributed by atoms with E-state index in [1.165, 1.54) is 154 Å². The van der Waals surface area contributed by atoms with E-state index < -0.39 is 5.09 Å². The molecule has 0 unspecified atom stereocenters. The van der Waals surface area contributed by atoms with E-state index in [0.717, 1.165) is 0 Å². The van der Waals surface area contributed by atoms with Crippen LogP contribution in [-0.2, 0) is 17.1 Å². The van der Waals surface area contributed by atoms with Gasteiger partial charge < -0.3 is 15.3 Å². The monoisotopic (exact) mass is 809 g/mol. The minimum absolute atomic E-state index is 0. The number of rotatable bonds is 28. The van der Waals surface area contributed by atoms with Crippen molar-refractivity contribution in [3.63, 3.8) is 0 Å². The van der Waals surface area contributed by atoms with E-state index in [4.69, 9.17) is 15.3 Å². The molecule has 2 fully saturated rings. The molecule has 0 N–H and O–H groups in total. The molecule has 0 aromatic heterocycles. The Morgan fingerprint density at radius 3 is 0.709 bits per heavy atom. The summed E-state index contributed by atoms with van der Waals surface area (Å²) in [6, 6.07) is 0. The summed E-state index contributed by atoms with van der Waals surface area (Å²) in [5.74, 6) is 6.21. The maximum absolute atomic E-state index is 8.25. The Bertz CT molecular complexity index is 765. The molecule has 2 rings (SSSR count). The first-order valence-electron chi connectivity index (χ1n) is 22.8. The molecule has 0 saturated heterocycles. The molecule has 4 nitrogen and oxygen atoms in total. The van der Waals surface area contributed by atoms with Crippen LogP contribution in [0.25, 0.3) is 0 Å². The molecule has 2 aliphatic carbocycles. The molecule has 0 aliphatic heterocycles. The van der Waals surface area contributed by atoms with Gasteiger partial charge in [0, 0.05) is 0 Å². The van der Waals surface area contributed by atoms with Crippen molar-refractivity contribution in [2.45, 2.75) is 237 Å². The summed E-state index contributed by atoms with van der Waals surface area (Å²) in [6.07, 6.45) is 47.5. The summed E-state index contributed by atoms with van der Waals surface area (Å²) in [4.78, 5) is 8.25. The summed E-state index contributed by atoms with van der Waals surface area (Å²) in [7, 11) is 0. The van der Waals surface area contributed by atoms with Gasteiger partial charge in [0.05, 0.1) is 5.09 Å². The smallest absolute Gasteiger partial charge is 0.356 e. The predicted octanol–water partition coefficient (Wildman–Crippen LogP) is 16.8. The van der Waals surface area contributed by atoms with Crippen LogP contribution < -0.4 is 0 Å². The third kappa shape index (κ3) is 26.4. The Hall–Kier alpha value is -0.281. The van der Waals surface area contributed by atoms with Gasteiger partial charge in [-0.1, -0.05) is 212 Å². The fourth-order valence-electron chi connectivity index (χ4n) is 7.83. The van der Waals surface area contributed by atoms with Crippen molar-refractivity contribution >= 4 is 0 Å². The van der Waals surface area contributed by atoms with E-state index in [1.807, 2.05) is 0 Å². The first-order chi connectivity index (χ1) is 25.4. The van der Waals surface area contributed by atoms with Crippen LogP contribution in [0.4, 0.5) is 0 Å². The average Bonchev–Trinajstić information content (AvgIpc) is 3.81. The van der Waals surface area contributed by atoms with E-state index in [0.29, 0.717) is 21.7 Å². The van der Waals surface area contributed by atoms with E-state index >= 15 is 0 Å². The van der Waals surface area contributed by atoms with Gasteiger partial charge in [0.15, 0.2) is 0 Å². The summed E-state index contributed by atoms with van der Waals surface area (Å²) >= 11 is 0. The van der Waals surface area contributed by atoms with Crippen molar-refractivity contribution in [1.82, 2.24) is 0 Å². The Morgan fingerprint density at radius 2 is 0.545 bits per heavy atom. The van der Waals surface area contributed by atoms with E-state index in [1.54, 1.807) is 23.7 Å². The zero-order valence-corrected chi connectivity index (χ0v) is 39.6. The molecule has 2 aliphatic rings. The van der Waals surface area contributed by atoms with Crippen molar-refractivity contribution in [2.24, 2.45) is 21.7 Å². The zero-order valence-electron chi connectivity index (χ0n) is 38.5. The summed E-state index contributed by atoms with van der Waals surface area (Å²) in [6.45, 7) is 28.6. The molecule has 5 heteroatoms. The summed E-state index contributed by atoms with van der Waals surface area (Å²) < 4.78 is 0. The van der Waals surface area contributed by atoms with Crippen LogP contribution in [0.5, 0.6) is 0 Å². The van der Waals surface area contributed by atoms with Crippen molar-refractivity contribution in [3.05, 3.63) is 77.5 Å². The molecular weight excluding hydrogens is 718 g/mol. The molecule has 0 atom stereocenters. The topological polar surface area (TPSA) is 66.2 Å². The molecule has 0 bridgehead atoms. The Morgan fingerprint density at radius 1 is 0.382 bits per heavy atom. The van der Waals surface area contributed by atoms with Crippen LogP contribution in [0.15, 0.2) is 0 Å². The second-order valence-electron chi connectivity index (χ2n) is 19.2. The number of unbranched alkanes of at least 4 members (excludes halogenated alkanes) is 16. The van der Waals surface area contributed by atoms with Crippen molar-refractivity contribution < 1.29 is 22.2 Å². The van der Waals surface area contributed by atoms with Gasteiger partial charge in [-0.2, -0.15) is 0 Å². The quantitative estimate of drug-likeness (QED) is 0.0342. The molecule has 319 valence electrons. The number of hydrogen-bond donors (Lipinski definition) is 0. The van der Waals surface area contributed by atoms with E-state index in [2.05, 4.69) is 122 Å². The largest absolute Gasteiger partial charge is 3.00 e. The number of nitrogens with zero attached hydrogens (tertiary/aromatic N) is 1. The molecular formula is C50H90FeNO3+2. The summed E-state index contributed by atoms with van der Waals surface area (Å²) in [5.41, 5.74) is 1.28. The maximum atomic E-state index is 8.25. The average molecular weight is 809 g/mol. The van der Waals surface area contributed by atoms with Gasteiger partial charge in [-0.3, -0.25) is 0 Å². The second-order valence-corrected chi connectivity index (χ2v) is 19.2. The van der Waals surface area contributed by atoms with Gasteiger partial charge in [0.2, 0.25) is 0 Å². The van der Waals surface area contributed by atoms with Crippen molar-refractivity contribution in [2.75, 3.05) is 0 Å². The molecule has 0 heterocycles. The third-order valence-electron chi connectivity index (χ3n) is 12.3. The molecule has 0 aromatic rings. The first-order valence-corrected chi connectivity index (χ1v) is 22.8. The fraction of sp³-hybridized carbons (Fsp3) is 0.800. The first kappa shape index (κ1) is 56.8. The van der Waals surface area contributed by atoms with Crippen LogP contribution in [0.3, 0.4) is 0 Å². The standard InChI is InChI=1S/2C25H45.Fe.NO3/c2*1-7-9-11-13-15-19-24(3,4)22-17-18-23(21-22)25(5,6)20-16-14-12-10-8-2;;2-1(3)4/h2*17-18,21H,7-16,19-20H2,1-6H3;;/q;;+3;-1. The van der Waals surface area contributed by atoms with Gasteiger partial charge in [-0.25, -0.2) is 0 Å². The Kier molecular flexibility index (Phi) is 32.7. The minimum Gasteiger partial charge on any atom is -0.356 e. The SMILES string of the molecule is CCCCCCCC(C)(C)[C]1[CH][CH][C](C(C)(C)CCCCCCC)[CH]1.CCCCCCCC(C)(C)[C]1[CH][CH][C](C(C)(C)CCCCCCC)[CH]1.O=[N+]([O-])[O-].[Fe+3]. The van der Waals surface area contributed by atoms with Crippen molar-refractivity contribution in [1.29, 1.82) is 0 Å². The van der Waals surface area contributed by atoms with Crippen LogP contribution in [0, 0.1) is 99.2 Å². The minimum atomic E-state index is -1.75. The third-order valence-corrected chi connectivity index (χ3v) is 12.3. The van der Waals surface area contributed by atoms with Gasteiger partial charge in [0.25, 0.3) is 0 Å². The van der Waals surface area contributed by atoms with Gasteiger partial charge in [-0.05, 0) is 110 Å². The molecule has 0 spiro atoms. The molecule has 2 saturated carbocycles. The van der Waals surface area contributed by atoms with Crippen LogP contribution >= 0.6 is 0 Å². The summed E-state index contributed by atoms with van der Waals surface area (Å²) in [5, 5.41) is 14.8. The Labute approximate surface area is 357 Å². The van der Waals surface area contributed by atoms with Crippen molar-refractivity contribution in [3.8, 4) is 0 Å². The second kappa shape index (κ2) is 31.6. The van der Waals surface area contributed by atoms with Crippen LogP contribution in [0.1, 0.15) is 237 Å². The van der Waals surface area contributed by atoms with Gasteiger partial charge in [0.1, 0.15) is 0 Å². The zero-order chi connectivity index (χ0) is 41.1. The van der Waals surface area contributed by atoms with E-state index in [-0.39, 0.29) is 17.1 Å². The number of hydrogen-bond acceptors (Lipinski definition) is 3.